The van der Waals surface area contributed by atoms with Gasteiger partial charge in [-0.2, -0.15) is 0 Å². The van der Waals surface area contributed by atoms with Gasteiger partial charge in [0.05, 0.1) is 11.8 Å². The van der Waals surface area contributed by atoms with Crippen molar-refractivity contribution in [3.63, 3.8) is 0 Å². The molecular weight excluding hydrogens is 274 g/mol. The zero-order valence-electron chi connectivity index (χ0n) is 10.6. The fourth-order valence-electron chi connectivity index (χ4n) is 1.88. The van der Waals surface area contributed by atoms with Gasteiger partial charge in [-0.3, -0.25) is 0 Å². The summed E-state index contributed by atoms with van der Waals surface area (Å²) in [5.41, 5.74) is 1.88. The molecule has 0 saturated carbocycles. The predicted octanol–water partition coefficient (Wildman–Crippen LogP) is 4.57. The van der Waals surface area contributed by atoms with Crippen molar-refractivity contribution >= 4 is 11.6 Å². The minimum Gasteiger partial charge on any atom is -0.488 e. The summed E-state index contributed by atoms with van der Waals surface area (Å²) in [6, 6.07) is 15.3. The van der Waals surface area contributed by atoms with E-state index in [1.54, 1.807) is 18.3 Å². The summed E-state index contributed by atoms with van der Waals surface area (Å²) in [4.78, 5) is 4.14. The van der Waals surface area contributed by atoms with Crippen LogP contribution < -0.4 is 4.74 Å². The monoisotopic (exact) mass is 285 g/mol. The van der Waals surface area contributed by atoms with Crippen molar-refractivity contribution in [3.8, 4) is 17.2 Å². The summed E-state index contributed by atoms with van der Waals surface area (Å²) in [7, 11) is 0. The van der Waals surface area contributed by atoms with E-state index in [4.69, 9.17) is 20.8 Å². The van der Waals surface area contributed by atoms with Gasteiger partial charge in [0.25, 0.3) is 0 Å². The topological polar surface area (TPSA) is 35.3 Å². The Morgan fingerprint density at radius 3 is 2.70 bits per heavy atom. The molecule has 0 aliphatic carbocycles. The van der Waals surface area contributed by atoms with Gasteiger partial charge >= 0.3 is 0 Å². The molecule has 0 radical (unpaired) electrons. The van der Waals surface area contributed by atoms with E-state index in [0.717, 1.165) is 11.1 Å². The maximum absolute atomic E-state index is 6.03. The second-order valence-electron chi connectivity index (χ2n) is 4.25. The van der Waals surface area contributed by atoms with Crippen molar-refractivity contribution in [1.82, 2.24) is 4.98 Å². The highest BCUT2D eigenvalue weighted by molar-refractivity contribution is 6.30. The molecule has 4 heteroatoms. The Balaban J connectivity index is 1.87. The van der Waals surface area contributed by atoms with Crippen LogP contribution in [0.1, 0.15) is 5.56 Å². The van der Waals surface area contributed by atoms with Crippen LogP contribution in [0.15, 0.2) is 65.4 Å². The standard InChI is InChI=1S/C16H12ClNO2/c17-13-6-7-14(16-18-8-9-19-16)15(10-13)20-11-12-4-2-1-3-5-12/h1-10H,11H2. The molecule has 3 aromatic rings. The van der Waals surface area contributed by atoms with Crippen molar-refractivity contribution in [1.29, 1.82) is 0 Å². The molecule has 3 nitrogen and oxygen atoms in total. The first-order valence-electron chi connectivity index (χ1n) is 6.19. The number of oxazole rings is 1. The number of aromatic nitrogens is 1. The van der Waals surface area contributed by atoms with E-state index in [-0.39, 0.29) is 0 Å². The molecule has 1 aromatic heterocycles. The van der Waals surface area contributed by atoms with E-state index in [9.17, 15) is 0 Å². The van der Waals surface area contributed by atoms with E-state index in [1.807, 2.05) is 36.4 Å². The fraction of sp³-hybridized carbons (Fsp3) is 0.0625. The quantitative estimate of drug-likeness (QED) is 0.704. The zero-order chi connectivity index (χ0) is 13.8. The molecule has 2 aromatic carbocycles. The van der Waals surface area contributed by atoms with Crippen LogP contribution in [0.3, 0.4) is 0 Å². The van der Waals surface area contributed by atoms with Crippen molar-refractivity contribution in [2.75, 3.05) is 0 Å². The molecule has 0 bridgehead atoms. The van der Waals surface area contributed by atoms with Crippen LogP contribution >= 0.6 is 11.6 Å². The van der Waals surface area contributed by atoms with E-state index in [2.05, 4.69) is 4.98 Å². The SMILES string of the molecule is Clc1ccc(-c2ncco2)c(OCc2ccccc2)c1. The van der Waals surface area contributed by atoms with Gasteiger partial charge in [-0.15, -0.1) is 0 Å². The second-order valence-corrected chi connectivity index (χ2v) is 4.69. The molecule has 0 aliphatic rings. The van der Waals surface area contributed by atoms with Crippen LogP contribution in [-0.2, 0) is 6.61 Å². The van der Waals surface area contributed by atoms with Crippen molar-refractivity contribution in [2.24, 2.45) is 0 Å². The number of rotatable bonds is 4. The number of benzene rings is 2. The van der Waals surface area contributed by atoms with E-state index >= 15 is 0 Å². The van der Waals surface area contributed by atoms with Gasteiger partial charge in [-0.05, 0) is 23.8 Å². The lowest BCUT2D eigenvalue weighted by atomic mass is 10.2. The summed E-state index contributed by atoms with van der Waals surface area (Å²) in [6.07, 6.45) is 3.13. The maximum Gasteiger partial charge on any atom is 0.229 e. The summed E-state index contributed by atoms with van der Waals surface area (Å²) in [5, 5.41) is 0.614. The molecule has 0 unspecified atom stereocenters. The Morgan fingerprint density at radius 2 is 1.95 bits per heavy atom. The molecule has 100 valence electrons. The lowest BCUT2D eigenvalue weighted by Crippen LogP contribution is -1.97. The molecule has 0 aliphatic heterocycles. The highest BCUT2D eigenvalue weighted by atomic mass is 35.5. The predicted molar refractivity (Wildman–Crippen MR) is 77.7 cm³/mol. The summed E-state index contributed by atoms with van der Waals surface area (Å²) < 4.78 is 11.2. The lowest BCUT2D eigenvalue weighted by molar-refractivity contribution is 0.306. The molecule has 0 atom stereocenters. The zero-order valence-corrected chi connectivity index (χ0v) is 11.4. The fourth-order valence-corrected chi connectivity index (χ4v) is 2.05. The lowest BCUT2D eigenvalue weighted by Gasteiger charge is -2.10. The largest absolute Gasteiger partial charge is 0.488 e. The Kier molecular flexibility index (Phi) is 3.70. The second kappa shape index (κ2) is 5.80. The third kappa shape index (κ3) is 2.83. The van der Waals surface area contributed by atoms with Gasteiger partial charge in [0.2, 0.25) is 5.89 Å². The van der Waals surface area contributed by atoms with Crippen LogP contribution in [0.4, 0.5) is 0 Å². The third-order valence-corrected chi connectivity index (χ3v) is 3.08. The van der Waals surface area contributed by atoms with Crippen LogP contribution in [0.2, 0.25) is 5.02 Å². The number of hydrogen-bond acceptors (Lipinski definition) is 3. The average molecular weight is 286 g/mol. The number of ether oxygens (including phenoxy) is 1. The molecule has 0 saturated heterocycles. The first kappa shape index (κ1) is 12.8. The van der Waals surface area contributed by atoms with Crippen LogP contribution in [0, 0.1) is 0 Å². The highest BCUT2D eigenvalue weighted by Crippen LogP contribution is 2.32. The van der Waals surface area contributed by atoms with Crippen LogP contribution in [-0.4, -0.2) is 4.98 Å². The molecule has 0 spiro atoms. The molecule has 1 heterocycles. The van der Waals surface area contributed by atoms with Gasteiger partial charge in [0.1, 0.15) is 18.6 Å². The Bertz CT molecular complexity index is 681. The Morgan fingerprint density at radius 1 is 1.10 bits per heavy atom. The number of halogens is 1. The first-order chi connectivity index (χ1) is 9.83. The van der Waals surface area contributed by atoms with E-state index < -0.39 is 0 Å². The van der Waals surface area contributed by atoms with Crippen LogP contribution in [0.25, 0.3) is 11.5 Å². The van der Waals surface area contributed by atoms with E-state index in [1.165, 1.54) is 6.26 Å². The minimum atomic E-state index is 0.467. The summed E-state index contributed by atoms with van der Waals surface area (Å²) >= 11 is 6.03. The van der Waals surface area contributed by atoms with Gasteiger partial charge < -0.3 is 9.15 Å². The van der Waals surface area contributed by atoms with Gasteiger partial charge in [0, 0.05) is 5.02 Å². The summed E-state index contributed by atoms with van der Waals surface area (Å²) in [5.74, 6) is 1.17. The van der Waals surface area contributed by atoms with E-state index in [0.29, 0.717) is 23.3 Å². The first-order valence-corrected chi connectivity index (χ1v) is 6.57. The smallest absolute Gasteiger partial charge is 0.229 e. The molecule has 0 amide bonds. The normalized spacial score (nSPS) is 10.4. The number of nitrogens with zero attached hydrogens (tertiary/aromatic N) is 1. The minimum absolute atomic E-state index is 0.467. The summed E-state index contributed by atoms with van der Waals surface area (Å²) in [6.45, 7) is 0.467. The Labute approximate surface area is 121 Å². The molecule has 0 fully saturated rings. The molecule has 0 N–H and O–H groups in total. The number of hydrogen-bond donors (Lipinski definition) is 0. The molecule has 3 rings (SSSR count). The molecular formula is C16H12ClNO2. The average Bonchev–Trinajstić information content (AvgIpc) is 3.00. The van der Waals surface area contributed by atoms with Crippen molar-refractivity contribution in [2.45, 2.75) is 6.61 Å². The maximum atomic E-state index is 6.03. The van der Waals surface area contributed by atoms with Crippen molar-refractivity contribution < 1.29 is 9.15 Å². The molecule has 20 heavy (non-hydrogen) atoms. The van der Waals surface area contributed by atoms with Gasteiger partial charge in [0.15, 0.2) is 0 Å². The van der Waals surface area contributed by atoms with Gasteiger partial charge in [-0.25, -0.2) is 4.98 Å². The van der Waals surface area contributed by atoms with Gasteiger partial charge in [-0.1, -0.05) is 41.9 Å². The van der Waals surface area contributed by atoms with Crippen LogP contribution in [0.5, 0.6) is 5.75 Å². The highest BCUT2D eigenvalue weighted by Gasteiger charge is 2.11. The van der Waals surface area contributed by atoms with Crippen molar-refractivity contribution in [3.05, 3.63) is 71.6 Å². The third-order valence-electron chi connectivity index (χ3n) is 2.84. The Hall–Kier alpha value is -2.26.